The van der Waals surface area contributed by atoms with Gasteiger partial charge in [0.2, 0.25) is 5.91 Å². The van der Waals surface area contributed by atoms with Crippen molar-refractivity contribution in [2.24, 2.45) is 5.41 Å². The quantitative estimate of drug-likeness (QED) is 0.178. The summed E-state index contributed by atoms with van der Waals surface area (Å²) >= 11 is 6.55. The van der Waals surface area contributed by atoms with E-state index in [4.69, 9.17) is 40.0 Å². The van der Waals surface area contributed by atoms with E-state index in [-0.39, 0.29) is 32.0 Å². The highest BCUT2D eigenvalue weighted by Crippen LogP contribution is 2.45. The number of hydrogen-bond acceptors (Lipinski definition) is 10. The molecule has 0 spiro atoms. The smallest absolute Gasteiger partial charge is 0.306 e. The molecular weight excluding hydrogens is 680 g/mol. The molecule has 51 heavy (non-hydrogen) atoms. The third-order valence-electron chi connectivity index (χ3n) is 8.21. The molecule has 1 heterocycles. The number of ether oxygens (including phenoxy) is 6. The van der Waals surface area contributed by atoms with Gasteiger partial charge in [-0.3, -0.25) is 19.2 Å². The number of nitrogens with zero attached hydrogens (tertiary/aromatic N) is 1. The molecular formula is C38H45ClN2O10. The molecule has 3 aromatic carbocycles. The highest BCUT2D eigenvalue weighted by Gasteiger charge is 2.41. The molecule has 3 aromatic rings. The number of para-hydroxylation sites is 1. The summed E-state index contributed by atoms with van der Waals surface area (Å²) in [5.74, 6) is -0.511. The van der Waals surface area contributed by atoms with Crippen LogP contribution in [0.4, 0.5) is 11.4 Å². The Bertz CT molecular complexity index is 1740. The van der Waals surface area contributed by atoms with E-state index in [1.54, 1.807) is 66.4 Å². The van der Waals surface area contributed by atoms with Gasteiger partial charge in [0.15, 0.2) is 11.5 Å². The minimum absolute atomic E-state index is 0.0454. The van der Waals surface area contributed by atoms with Gasteiger partial charge in [0.05, 0.1) is 46.7 Å². The van der Waals surface area contributed by atoms with Crippen LogP contribution in [0, 0.1) is 5.41 Å². The summed E-state index contributed by atoms with van der Waals surface area (Å²) in [6.45, 7) is 7.29. The molecule has 0 bridgehead atoms. The summed E-state index contributed by atoms with van der Waals surface area (Å²) in [7, 11) is 4.50. The van der Waals surface area contributed by atoms with Gasteiger partial charge >= 0.3 is 11.9 Å². The molecule has 0 unspecified atom stereocenters. The van der Waals surface area contributed by atoms with Crippen LogP contribution in [0.5, 0.6) is 17.2 Å². The largest absolute Gasteiger partial charge is 0.495 e. The summed E-state index contributed by atoms with van der Waals surface area (Å²) in [6, 6.07) is 15.6. The van der Waals surface area contributed by atoms with Crippen molar-refractivity contribution in [3.63, 3.8) is 0 Å². The fourth-order valence-electron chi connectivity index (χ4n) is 5.84. The van der Waals surface area contributed by atoms with Crippen LogP contribution in [0.25, 0.3) is 0 Å². The van der Waals surface area contributed by atoms with Crippen LogP contribution in [0.1, 0.15) is 63.3 Å². The summed E-state index contributed by atoms with van der Waals surface area (Å²) in [5.41, 5.74) is 2.13. The molecule has 13 heteroatoms. The maximum atomic E-state index is 14.6. The molecule has 2 amide bonds. The van der Waals surface area contributed by atoms with E-state index in [0.717, 1.165) is 5.56 Å². The fourth-order valence-corrected chi connectivity index (χ4v) is 6.02. The number of benzene rings is 3. The molecule has 0 aromatic heterocycles. The van der Waals surface area contributed by atoms with Crippen molar-refractivity contribution in [2.45, 2.75) is 59.2 Å². The molecule has 0 fully saturated rings. The Balaban J connectivity index is 1.72. The molecule has 0 aliphatic carbocycles. The van der Waals surface area contributed by atoms with Gasteiger partial charge in [-0.05, 0) is 55.3 Å². The van der Waals surface area contributed by atoms with Gasteiger partial charge in [-0.2, -0.15) is 0 Å². The number of anilines is 2. The van der Waals surface area contributed by atoms with Gasteiger partial charge in [0, 0.05) is 47.1 Å². The first-order valence-corrected chi connectivity index (χ1v) is 16.9. The van der Waals surface area contributed by atoms with E-state index in [0.29, 0.717) is 57.8 Å². The normalized spacial score (nSPS) is 15.7. The van der Waals surface area contributed by atoms with Gasteiger partial charge in [-0.1, -0.05) is 43.6 Å². The Morgan fingerprint density at radius 3 is 2.35 bits per heavy atom. The highest BCUT2D eigenvalue weighted by atomic mass is 35.5. The Hall–Kier alpha value is -4.81. The van der Waals surface area contributed by atoms with Crippen molar-refractivity contribution in [1.29, 1.82) is 0 Å². The predicted octanol–water partition coefficient (Wildman–Crippen LogP) is 6.30. The number of rotatable bonds is 15. The van der Waals surface area contributed by atoms with Crippen molar-refractivity contribution in [3.05, 3.63) is 76.3 Å². The van der Waals surface area contributed by atoms with Gasteiger partial charge in [-0.15, -0.1) is 0 Å². The molecule has 12 nitrogen and oxygen atoms in total. The molecule has 1 aliphatic heterocycles. The summed E-state index contributed by atoms with van der Waals surface area (Å²) < 4.78 is 33.9. The third kappa shape index (κ3) is 9.92. The lowest BCUT2D eigenvalue weighted by molar-refractivity contribution is -0.144. The molecule has 1 aliphatic rings. The minimum atomic E-state index is -1.28. The number of halogens is 1. The average molecular weight is 725 g/mol. The Labute approximate surface area is 303 Å². The number of esters is 2. The maximum Gasteiger partial charge on any atom is 0.306 e. The van der Waals surface area contributed by atoms with Gasteiger partial charge in [0.1, 0.15) is 18.0 Å². The third-order valence-corrected chi connectivity index (χ3v) is 8.44. The lowest BCUT2D eigenvalue weighted by atomic mass is 9.92. The van der Waals surface area contributed by atoms with Crippen LogP contribution < -0.4 is 24.4 Å². The Morgan fingerprint density at radius 1 is 0.941 bits per heavy atom. The maximum absolute atomic E-state index is 14.6. The topological polar surface area (TPSA) is 139 Å². The second-order valence-corrected chi connectivity index (χ2v) is 13.2. The van der Waals surface area contributed by atoms with Crippen LogP contribution in [-0.4, -0.2) is 70.9 Å². The summed E-state index contributed by atoms with van der Waals surface area (Å²) in [4.78, 5) is 53.4. The second-order valence-electron chi connectivity index (χ2n) is 12.8. The minimum Gasteiger partial charge on any atom is -0.495 e. The Morgan fingerprint density at radius 2 is 1.69 bits per heavy atom. The first-order valence-electron chi connectivity index (χ1n) is 16.5. The Kier molecular flexibility index (Phi) is 13.3. The van der Waals surface area contributed by atoms with Crippen molar-refractivity contribution >= 4 is 46.7 Å². The van der Waals surface area contributed by atoms with Crippen molar-refractivity contribution in [2.75, 3.05) is 51.3 Å². The number of carbonyl (C=O) groups excluding carboxylic acids is 4. The summed E-state index contributed by atoms with van der Waals surface area (Å²) in [5, 5.41) is 3.26. The molecule has 0 radical (unpaired) electrons. The first kappa shape index (κ1) is 39.0. The van der Waals surface area contributed by atoms with Crippen LogP contribution in [0.15, 0.2) is 54.6 Å². The standard InChI is InChI=1S/C38H45ClN2O10/c1-8-49-34(44)17-13-24-12-15-28(31(18-24)47-6)40-33(43)20-32-37(45)41(21-38(3,4)22-50-23(2)42)29-16-14-25(39)19-27(29)35(51-32)26-10-9-11-30(46-5)36(26)48-7/h9-12,14-16,18-19,32,35H,8,13,17,20-22H2,1-7H3,(H,40,43)/t32-,35-/m1/s1. The number of amides is 2. The lowest BCUT2D eigenvalue weighted by Crippen LogP contribution is -2.46. The van der Waals surface area contributed by atoms with Crippen molar-refractivity contribution < 1.29 is 47.6 Å². The SMILES string of the molecule is CCOC(=O)CCc1ccc(NC(=O)C[C@H]2O[C@H](c3cccc(OC)c3OC)c3cc(Cl)ccc3N(CC(C)(C)COC(C)=O)C2=O)c(OC)c1. The molecule has 2 atom stereocenters. The molecule has 1 N–H and O–H groups in total. The number of fused-ring (bicyclic) bond motifs is 1. The molecule has 274 valence electrons. The molecule has 0 saturated heterocycles. The zero-order chi connectivity index (χ0) is 37.3. The lowest BCUT2D eigenvalue weighted by Gasteiger charge is -2.33. The molecule has 0 saturated carbocycles. The van der Waals surface area contributed by atoms with Gasteiger partial charge in [0.25, 0.3) is 5.91 Å². The van der Waals surface area contributed by atoms with E-state index in [9.17, 15) is 19.2 Å². The zero-order valence-corrected chi connectivity index (χ0v) is 30.8. The van der Waals surface area contributed by atoms with Crippen molar-refractivity contribution in [1.82, 2.24) is 0 Å². The summed E-state index contributed by atoms with van der Waals surface area (Å²) in [6.07, 6.45) is -1.93. The number of nitrogens with one attached hydrogen (secondary N) is 1. The number of hydrogen-bond donors (Lipinski definition) is 1. The van der Waals surface area contributed by atoms with E-state index in [1.165, 1.54) is 28.3 Å². The monoisotopic (exact) mass is 724 g/mol. The van der Waals surface area contributed by atoms with Gasteiger partial charge < -0.3 is 38.6 Å². The fraction of sp³-hybridized carbons (Fsp3) is 0.421. The highest BCUT2D eigenvalue weighted by molar-refractivity contribution is 6.30. The number of aryl methyl sites for hydroxylation is 1. The zero-order valence-electron chi connectivity index (χ0n) is 30.0. The van der Waals surface area contributed by atoms with E-state index in [2.05, 4.69) is 5.32 Å². The van der Waals surface area contributed by atoms with Crippen molar-refractivity contribution in [3.8, 4) is 17.2 Å². The number of methoxy groups -OCH3 is 3. The van der Waals surface area contributed by atoms with Crippen LogP contribution in [-0.2, 0) is 39.8 Å². The average Bonchev–Trinajstić information content (AvgIpc) is 3.20. The first-order chi connectivity index (χ1) is 24.3. The molecule has 4 rings (SSSR count). The van der Waals surface area contributed by atoms with Crippen LogP contribution in [0.3, 0.4) is 0 Å². The van der Waals surface area contributed by atoms with Crippen LogP contribution >= 0.6 is 11.6 Å². The second kappa shape index (κ2) is 17.4. The van der Waals surface area contributed by atoms with E-state index in [1.807, 2.05) is 13.8 Å². The number of carbonyl (C=O) groups is 4. The van der Waals surface area contributed by atoms with Gasteiger partial charge in [-0.25, -0.2) is 0 Å². The van der Waals surface area contributed by atoms with E-state index >= 15 is 0 Å². The van der Waals surface area contributed by atoms with E-state index < -0.39 is 35.4 Å². The van der Waals surface area contributed by atoms with Crippen LogP contribution in [0.2, 0.25) is 5.02 Å². The predicted molar refractivity (Wildman–Crippen MR) is 192 cm³/mol.